The van der Waals surface area contributed by atoms with Crippen LogP contribution in [0.3, 0.4) is 0 Å². The molecule has 0 bridgehead atoms. The van der Waals surface area contributed by atoms with Gasteiger partial charge in [0.15, 0.2) is 5.15 Å². The summed E-state index contributed by atoms with van der Waals surface area (Å²) in [5, 5.41) is 4.23. The van der Waals surface area contributed by atoms with Gasteiger partial charge < -0.3 is 4.74 Å². The first-order valence-electron chi connectivity index (χ1n) is 4.22. The van der Waals surface area contributed by atoms with Gasteiger partial charge in [-0.2, -0.15) is 5.10 Å². The Morgan fingerprint density at radius 3 is 3.00 bits per heavy atom. The first-order chi connectivity index (χ1) is 7.15. The molecule has 15 heavy (non-hydrogen) atoms. The summed E-state index contributed by atoms with van der Waals surface area (Å²) < 4.78 is 6.20. The van der Waals surface area contributed by atoms with Gasteiger partial charge in [-0.05, 0) is 13.0 Å². The van der Waals surface area contributed by atoms with E-state index in [0.717, 1.165) is 5.69 Å². The van der Waals surface area contributed by atoms with Crippen molar-refractivity contribution in [2.45, 2.75) is 6.92 Å². The molecule has 0 unspecified atom stereocenters. The van der Waals surface area contributed by atoms with Gasteiger partial charge in [0.05, 0.1) is 12.7 Å². The maximum absolute atomic E-state index is 11.4. The zero-order valence-electron chi connectivity index (χ0n) is 8.19. The van der Waals surface area contributed by atoms with Crippen LogP contribution in [0.4, 0.5) is 0 Å². The number of rotatable bonds is 1. The predicted octanol–water partition coefficient (Wildman–Crippen LogP) is 1.48. The average molecular weight is 226 g/mol. The summed E-state index contributed by atoms with van der Waals surface area (Å²) in [5.41, 5.74) is 1.65. The minimum Gasteiger partial charge on any atom is -0.465 e. The molecule has 0 amide bonds. The topological polar surface area (TPSA) is 56.5 Å². The quantitative estimate of drug-likeness (QED) is 0.690. The van der Waals surface area contributed by atoms with Crippen molar-refractivity contribution < 1.29 is 9.53 Å². The average Bonchev–Trinajstić information content (AvgIpc) is 2.57. The second-order valence-corrected chi connectivity index (χ2v) is 3.36. The van der Waals surface area contributed by atoms with E-state index < -0.39 is 5.97 Å². The van der Waals surface area contributed by atoms with Crippen LogP contribution in [0.5, 0.6) is 0 Å². The molecule has 0 spiro atoms. The molecule has 2 rings (SSSR count). The van der Waals surface area contributed by atoms with Gasteiger partial charge in [-0.3, -0.25) is 0 Å². The van der Waals surface area contributed by atoms with Crippen LogP contribution in [0, 0.1) is 6.92 Å². The molecule has 0 atom stereocenters. The fourth-order valence-corrected chi connectivity index (χ4v) is 1.66. The minimum absolute atomic E-state index is 0.235. The summed E-state index contributed by atoms with van der Waals surface area (Å²) in [4.78, 5) is 15.3. The van der Waals surface area contributed by atoms with Gasteiger partial charge in [-0.1, -0.05) is 11.6 Å². The van der Waals surface area contributed by atoms with Crippen molar-refractivity contribution in [3.8, 4) is 0 Å². The van der Waals surface area contributed by atoms with Crippen LogP contribution in [-0.4, -0.2) is 27.7 Å². The summed E-state index contributed by atoms with van der Waals surface area (Å²) in [6, 6.07) is 1.67. The van der Waals surface area contributed by atoms with E-state index in [-0.39, 0.29) is 5.15 Å². The highest BCUT2D eigenvalue weighted by molar-refractivity contribution is 6.33. The molecular formula is C9H8ClN3O2. The van der Waals surface area contributed by atoms with Crippen LogP contribution in [0.25, 0.3) is 5.52 Å². The highest BCUT2D eigenvalue weighted by atomic mass is 35.5. The lowest BCUT2D eigenvalue weighted by atomic mass is 10.3. The standard InChI is InChI=1S/C9H8ClN3O2/c1-5-3-6(9(14)15-2)7-8(10)11-4-12-13(5)7/h3-4H,1-2H3. The first kappa shape index (κ1) is 9.92. The number of hydrogen-bond acceptors (Lipinski definition) is 4. The molecule has 5 nitrogen and oxygen atoms in total. The molecule has 0 aromatic carbocycles. The van der Waals surface area contributed by atoms with Crippen LogP contribution in [0.1, 0.15) is 16.1 Å². The second kappa shape index (κ2) is 3.51. The maximum Gasteiger partial charge on any atom is 0.340 e. The van der Waals surface area contributed by atoms with Crippen LogP contribution >= 0.6 is 11.6 Å². The Labute approximate surface area is 90.6 Å². The number of esters is 1. The van der Waals surface area contributed by atoms with E-state index in [9.17, 15) is 4.79 Å². The molecule has 78 valence electrons. The third kappa shape index (κ3) is 1.45. The van der Waals surface area contributed by atoms with Crippen molar-refractivity contribution in [3.63, 3.8) is 0 Å². The lowest BCUT2D eigenvalue weighted by Gasteiger charge is -1.99. The molecule has 0 aliphatic carbocycles. The molecule has 2 aromatic rings. The second-order valence-electron chi connectivity index (χ2n) is 3.00. The SMILES string of the molecule is COC(=O)c1cc(C)n2ncnc(Cl)c12. The Morgan fingerprint density at radius 2 is 2.33 bits per heavy atom. The van der Waals surface area contributed by atoms with Crippen molar-refractivity contribution in [2.75, 3.05) is 7.11 Å². The number of carbonyl (C=O) groups excluding carboxylic acids is 1. The number of ether oxygens (including phenoxy) is 1. The lowest BCUT2D eigenvalue weighted by molar-refractivity contribution is 0.0603. The number of nitrogens with zero attached hydrogens (tertiary/aromatic N) is 3. The fourth-order valence-electron chi connectivity index (χ4n) is 1.43. The monoisotopic (exact) mass is 225 g/mol. The fraction of sp³-hybridized carbons (Fsp3) is 0.222. The minimum atomic E-state index is -0.447. The number of halogens is 1. The predicted molar refractivity (Wildman–Crippen MR) is 54.1 cm³/mol. The van der Waals surface area contributed by atoms with E-state index in [4.69, 9.17) is 11.6 Å². The lowest BCUT2D eigenvalue weighted by Crippen LogP contribution is -2.02. The Kier molecular flexibility index (Phi) is 2.32. The first-order valence-corrected chi connectivity index (χ1v) is 4.60. The Morgan fingerprint density at radius 1 is 1.60 bits per heavy atom. The Balaban J connectivity index is 2.81. The van der Waals surface area contributed by atoms with Gasteiger partial charge in [0.1, 0.15) is 11.8 Å². The maximum atomic E-state index is 11.4. The van der Waals surface area contributed by atoms with E-state index in [1.54, 1.807) is 10.6 Å². The molecule has 2 heterocycles. The van der Waals surface area contributed by atoms with Crippen LogP contribution in [0.15, 0.2) is 12.4 Å². The summed E-state index contributed by atoms with van der Waals surface area (Å²) in [5.74, 6) is -0.447. The van der Waals surface area contributed by atoms with E-state index in [0.29, 0.717) is 11.1 Å². The summed E-state index contributed by atoms with van der Waals surface area (Å²) >= 11 is 5.90. The smallest absolute Gasteiger partial charge is 0.340 e. The summed E-state index contributed by atoms with van der Waals surface area (Å²) in [7, 11) is 1.32. The van der Waals surface area contributed by atoms with Crippen molar-refractivity contribution in [1.29, 1.82) is 0 Å². The normalized spacial score (nSPS) is 10.6. The Bertz CT molecular complexity index is 535. The summed E-state index contributed by atoms with van der Waals surface area (Å²) in [6.07, 6.45) is 1.34. The van der Waals surface area contributed by atoms with E-state index in [1.807, 2.05) is 6.92 Å². The number of hydrogen-bond donors (Lipinski definition) is 0. The number of fused-ring (bicyclic) bond motifs is 1. The third-order valence-electron chi connectivity index (χ3n) is 2.09. The van der Waals surface area contributed by atoms with Gasteiger partial charge >= 0.3 is 5.97 Å². The molecule has 0 saturated heterocycles. The number of aryl methyl sites for hydroxylation is 1. The van der Waals surface area contributed by atoms with Crippen molar-refractivity contribution in [2.24, 2.45) is 0 Å². The molecule has 0 N–H and O–H groups in total. The summed E-state index contributed by atoms with van der Waals surface area (Å²) in [6.45, 7) is 1.82. The van der Waals surface area contributed by atoms with Gasteiger partial charge in [-0.25, -0.2) is 14.3 Å². The van der Waals surface area contributed by atoms with Crippen LogP contribution in [-0.2, 0) is 4.74 Å². The van der Waals surface area contributed by atoms with E-state index in [2.05, 4.69) is 14.8 Å². The van der Waals surface area contributed by atoms with Gasteiger partial charge in [0.2, 0.25) is 0 Å². The van der Waals surface area contributed by atoms with E-state index in [1.165, 1.54) is 13.4 Å². The highest BCUT2D eigenvalue weighted by Crippen LogP contribution is 2.21. The van der Waals surface area contributed by atoms with Crippen molar-refractivity contribution >= 4 is 23.1 Å². The zero-order valence-corrected chi connectivity index (χ0v) is 8.95. The van der Waals surface area contributed by atoms with Crippen LogP contribution < -0.4 is 0 Å². The largest absolute Gasteiger partial charge is 0.465 e. The highest BCUT2D eigenvalue weighted by Gasteiger charge is 2.17. The molecule has 0 aliphatic rings. The zero-order chi connectivity index (χ0) is 11.0. The molecular weight excluding hydrogens is 218 g/mol. The number of aromatic nitrogens is 3. The molecule has 2 aromatic heterocycles. The molecule has 0 fully saturated rings. The van der Waals surface area contributed by atoms with Gasteiger partial charge in [0, 0.05) is 5.69 Å². The Hall–Kier alpha value is -1.62. The molecule has 0 saturated carbocycles. The van der Waals surface area contributed by atoms with Gasteiger partial charge in [-0.15, -0.1) is 0 Å². The van der Waals surface area contributed by atoms with Crippen molar-refractivity contribution in [1.82, 2.24) is 14.6 Å². The third-order valence-corrected chi connectivity index (χ3v) is 2.37. The number of methoxy groups -OCH3 is 1. The van der Waals surface area contributed by atoms with E-state index >= 15 is 0 Å². The molecule has 0 radical (unpaired) electrons. The molecule has 6 heteroatoms. The molecule has 0 aliphatic heterocycles. The van der Waals surface area contributed by atoms with Crippen LogP contribution in [0.2, 0.25) is 5.15 Å². The van der Waals surface area contributed by atoms with Crippen molar-refractivity contribution in [3.05, 3.63) is 28.8 Å². The van der Waals surface area contributed by atoms with Gasteiger partial charge in [0.25, 0.3) is 0 Å². The number of carbonyl (C=O) groups is 1.